The highest BCUT2D eigenvalue weighted by atomic mass is 19.4. The second-order valence-electron chi connectivity index (χ2n) is 10.1. The van der Waals surface area contributed by atoms with Crippen LogP contribution in [0.3, 0.4) is 0 Å². The maximum atomic E-state index is 13.8. The van der Waals surface area contributed by atoms with Crippen molar-refractivity contribution in [2.45, 2.75) is 56.1 Å². The molecule has 1 aliphatic carbocycles. The molecule has 0 atom stereocenters. The Balaban J connectivity index is 1.32. The number of carboxylic acids is 1. The molecule has 3 aliphatic rings. The monoisotopic (exact) mass is 542 g/mol. The summed E-state index contributed by atoms with van der Waals surface area (Å²) in [7, 11) is 0. The van der Waals surface area contributed by atoms with Gasteiger partial charge in [-0.1, -0.05) is 0 Å². The molecule has 1 saturated carbocycles. The minimum atomic E-state index is -4.91. The summed E-state index contributed by atoms with van der Waals surface area (Å²) in [5.41, 5.74) is -2.85. The first kappa shape index (κ1) is 26.3. The average Bonchev–Trinajstić information content (AvgIpc) is 3.63. The van der Waals surface area contributed by atoms with Gasteiger partial charge in [0, 0.05) is 38.2 Å². The Morgan fingerprint density at radius 2 is 1.63 bits per heavy atom. The molecule has 3 fully saturated rings. The second kappa shape index (κ2) is 9.18. The molecule has 2 aliphatic heterocycles. The van der Waals surface area contributed by atoms with E-state index in [2.05, 4.69) is 0 Å². The molecule has 2 saturated heterocycles. The molecule has 0 aromatic heterocycles. The SMILES string of the molecule is O=C(O)c1ccc(N2CC3(CCN(Cc4cc(C(F)(F)F)cc(C(F)(F)F)c4C4CC4)CC3)OC2=O)cc1. The van der Waals surface area contributed by atoms with Gasteiger partial charge in [-0.2, -0.15) is 26.3 Å². The molecule has 1 amide bonds. The molecule has 1 spiro atoms. The summed E-state index contributed by atoms with van der Waals surface area (Å²) in [5.74, 6) is -1.51. The first-order chi connectivity index (χ1) is 17.8. The van der Waals surface area contributed by atoms with E-state index in [9.17, 15) is 35.9 Å². The summed E-state index contributed by atoms with van der Waals surface area (Å²) < 4.78 is 87.4. The zero-order chi connectivity index (χ0) is 27.5. The quantitative estimate of drug-likeness (QED) is 0.450. The van der Waals surface area contributed by atoms with Crippen LogP contribution >= 0.6 is 0 Å². The maximum Gasteiger partial charge on any atom is 0.416 e. The Morgan fingerprint density at radius 3 is 2.16 bits per heavy atom. The number of piperidine rings is 1. The van der Waals surface area contributed by atoms with Gasteiger partial charge < -0.3 is 9.84 Å². The van der Waals surface area contributed by atoms with Crippen molar-refractivity contribution in [1.82, 2.24) is 4.90 Å². The van der Waals surface area contributed by atoms with Gasteiger partial charge in [-0.25, -0.2) is 9.59 Å². The summed E-state index contributed by atoms with van der Waals surface area (Å²) in [6.07, 6.45) is -8.69. The molecule has 0 bridgehead atoms. The molecule has 5 rings (SSSR count). The molecular weight excluding hydrogens is 518 g/mol. The van der Waals surface area contributed by atoms with Crippen LogP contribution in [-0.4, -0.2) is 47.3 Å². The van der Waals surface area contributed by atoms with E-state index >= 15 is 0 Å². The summed E-state index contributed by atoms with van der Waals surface area (Å²) in [6.45, 7) is 0.784. The molecule has 12 heteroatoms. The average molecular weight is 542 g/mol. The molecule has 0 radical (unpaired) electrons. The molecule has 2 aromatic rings. The molecule has 0 unspecified atom stereocenters. The third kappa shape index (κ3) is 5.18. The third-order valence-corrected chi connectivity index (χ3v) is 7.44. The van der Waals surface area contributed by atoms with Crippen molar-refractivity contribution in [3.8, 4) is 0 Å². The number of aromatic carboxylic acids is 1. The van der Waals surface area contributed by atoms with Crippen molar-refractivity contribution in [1.29, 1.82) is 0 Å². The number of nitrogens with zero attached hydrogens (tertiary/aromatic N) is 2. The molecule has 1 N–H and O–H groups in total. The van der Waals surface area contributed by atoms with E-state index in [1.54, 1.807) is 4.90 Å². The number of amides is 1. The highest BCUT2D eigenvalue weighted by Crippen LogP contribution is 2.49. The number of hydrogen-bond donors (Lipinski definition) is 1. The number of ether oxygens (including phenoxy) is 1. The lowest BCUT2D eigenvalue weighted by Gasteiger charge is -2.38. The van der Waals surface area contributed by atoms with Gasteiger partial charge in [0.15, 0.2) is 0 Å². The number of benzene rings is 2. The van der Waals surface area contributed by atoms with E-state index in [1.807, 2.05) is 0 Å². The van der Waals surface area contributed by atoms with Gasteiger partial charge in [0.25, 0.3) is 0 Å². The minimum absolute atomic E-state index is 0.0363. The van der Waals surface area contributed by atoms with Crippen LogP contribution in [-0.2, 0) is 23.6 Å². The molecule has 204 valence electrons. The van der Waals surface area contributed by atoms with Crippen LogP contribution in [0, 0.1) is 0 Å². The van der Waals surface area contributed by atoms with E-state index in [0.29, 0.717) is 44.5 Å². The van der Waals surface area contributed by atoms with Crippen molar-refractivity contribution in [2.24, 2.45) is 0 Å². The number of anilines is 1. The first-order valence-electron chi connectivity index (χ1n) is 12.1. The van der Waals surface area contributed by atoms with Gasteiger partial charge in [-0.05, 0) is 66.3 Å². The van der Waals surface area contributed by atoms with E-state index < -0.39 is 47.1 Å². The normalized spacial score (nSPS) is 20.2. The molecule has 38 heavy (non-hydrogen) atoms. The smallest absolute Gasteiger partial charge is 0.416 e. The lowest BCUT2D eigenvalue weighted by Crippen LogP contribution is -2.46. The van der Waals surface area contributed by atoms with Crippen LogP contribution in [0.1, 0.15) is 64.2 Å². The highest BCUT2D eigenvalue weighted by molar-refractivity contribution is 5.92. The molecule has 6 nitrogen and oxygen atoms in total. The second-order valence-corrected chi connectivity index (χ2v) is 10.1. The van der Waals surface area contributed by atoms with Gasteiger partial charge in [0.1, 0.15) is 5.60 Å². The maximum absolute atomic E-state index is 13.8. The van der Waals surface area contributed by atoms with E-state index in [1.165, 1.54) is 29.2 Å². The summed E-state index contributed by atoms with van der Waals surface area (Å²) >= 11 is 0. The topological polar surface area (TPSA) is 70.1 Å². The fourth-order valence-electron chi connectivity index (χ4n) is 5.32. The number of rotatable bonds is 5. The predicted octanol–water partition coefficient (Wildman–Crippen LogP) is 6.29. The fraction of sp³-hybridized carbons (Fsp3) is 0.462. The first-order valence-corrected chi connectivity index (χ1v) is 12.1. The number of carbonyl (C=O) groups excluding carboxylic acids is 1. The van der Waals surface area contributed by atoms with Crippen LogP contribution < -0.4 is 4.90 Å². The van der Waals surface area contributed by atoms with Crippen molar-refractivity contribution in [3.05, 3.63) is 64.2 Å². The Labute approximate surface area is 213 Å². The van der Waals surface area contributed by atoms with Crippen LogP contribution in [0.4, 0.5) is 36.8 Å². The zero-order valence-corrected chi connectivity index (χ0v) is 20.0. The van der Waals surface area contributed by atoms with Crippen LogP contribution in [0.25, 0.3) is 0 Å². The van der Waals surface area contributed by atoms with E-state index in [-0.39, 0.29) is 35.8 Å². The van der Waals surface area contributed by atoms with Gasteiger partial charge in [-0.15, -0.1) is 0 Å². The van der Waals surface area contributed by atoms with Crippen LogP contribution in [0.15, 0.2) is 36.4 Å². The lowest BCUT2D eigenvalue weighted by molar-refractivity contribution is -0.143. The Morgan fingerprint density at radius 1 is 1.00 bits per heavy atom. The Kier molecular flexibility index (Phi) is 6.36. The van der Waals surface area contributed by atoms with Gasteiger partial charge in [0.2, 0.25) is 0 Å². The highest BCUT2D eigenvalue weighted by Gasteiger charge is 2.48. The van der Waals surface area contributed by atoms with Crippen molar-refractivity contribution in [3.63, 3.8) is 0 Å². The Bertz CT molecular complexity index is 1250. The molecule has 2 aromatic carbocycles. The number of halogens is 6. The van der Waals surface area contributed by atoms with Crippen LogP contribution in [0.5, 0.6) is 0 Å². The standard InChI is InChI=1S/C26H24F6N2O4/c27-25(28,29)18-11-17(21(15-1-2-15)20(12-18)26(30,31)32)13-33-9-7-24(8-10-33)14-34(23(37)38-24)19-5-3-16(4-6-19)22(35)36/h3-6,11-12,15H,1-2,7-10,13-14H2,(H,35,36). The minimum Gasteiger partial charge on any atom is -0.478 e. The van der Waals surface area contributed by atoms with Gasteiger partial charge in [0.05, 0.1) is 23.2 Å². The number of carbonyl (C=O) groups is 2. The number of alkyl halides is 6. The summed E-state index contributed by atoms with van der Waals surface area (Å²) in [4.78, 5) is 26.9. The van der Waals surface area contributed by atoms with Gasteiger partial charge >= 0.3 is 24.4 Å². The van der Waals surface area contributed by atoms with E-state index in [0.717, 1.165) is 6.07 Å². The third-order valence-electron chi connectivity index (χ3n) is 7.44. The van der Waals surface area contributed by atoms with E-state index in [4.69, 9.17) is 9.84 Å². The summed E-state index contributed by atoms with van der Waals surface area (Å²) in [6, 6.07) is 6.82. The van der Waals surface area contributed by atoms with Crippen LogP contribution in [0.2, 0.25) is 0 Å². The van der Waals surface area contributed by atoms with Crippen molar-refractivity contribution in [2.75, 3.05) is 24.5 Å². The lowest BCUT2D eigenvalue weighted by atomic mass is 9.89. The summed E-state index contributed by atoms with van der Waals surface area (Å²) in [5, 5.41) is 9.06. The zero-order valence-electron chi connectivity index (χ0n) is 20.0. The van der Waals surface area contributed by atoms with Gasteiger partial charge in [-0.3, -0.25) is 9.80 Å². The van der Waals surface area contributed by atoms with Crippen molar-refractivity contribution >= 4 is 17.7 Å². The van der Waals surface area contributed by atoms with Crippen molar-refractivity contribution < 1.29 is 45.8 Å². The number of likely N-dealkylation sites (tertiary alicyclic amines) is 1. The Hall–Kier alpha value is -3.28. The predicted molar refractivity (Wildman–Crippen MR) is 123 cm³/mol. The number of hydrogen-bond acceptors (Lipinski definition) is 4. The molecular formula is C26H24F6N2O4. The fourth-order valence-corrected chi connectivity index (χ4v) is 5.32. The largest absolute Gasteiger partial charge is 0.478 e. The number of carboxylic acid groups (broad SMARTS) is 1. The molecule has 2 heterocycles.